The summed E-state index contributed by atoms with van der Waals surface area (Å²) in [7, 11) is 0. The molecule has 2 nitrogen and oxygen atoms in total. The maximum atomic E-state index is 6.30. The van der Waals surface area contributed by atoms with Crippen molar-refractivity contribution in [2.24, 2.45) is 5.73 Å². The topological polar surface area (TPSA) is 38.9 Å². The molecule has 14 heavy (non-hydrogen) atoms. The van der Waals surface area contributed by atoms with Crippen LogP contribution in [0, 0.1) is 6.92 Å². The maximum absolute atomic E-state index is 6.30. The minimum Gasteiger partial charge on any atom is -0.324 e. The van der Waals surface area contributed by atoms with E-state index in [9.17, 15) is 0 Å². The van der Waals surface area contributed by atoms with Crippen LogP contribution in [0.1, 0.15) is 37.9 Å². The van der Waals surface area contributed by atoms with Gasteiger partial charge in [0.05, 0.1) is 0 Å². The Balaban J connectivity index is 2.44. The second kappa shape index (κ2) is 2.80. The van der Waals surface area contributed by atoms with E-state index in [0.29, 0.717) is 0 Å². The summed E-state index contributed by atoms with van der Waals surface area (Å²) in [5, 5.41) is 0. The van der Waals surface area contributed by atoms with Crippen LogP contribution in [0.15, 0.2) is 18.3 Å². The molecule has 1 aromatic heterocycles. The van der Waals surface area contributed by atoms with Crippen molar-refractivity contribution in [3.8, 4) is 0 Å². The van der Waals surface area contributed by atoms with Gasteiger partial charge in [0.15, 0.2) is 0 Å². The second-order valence-corrected chi connectivity index (χ2v) is 4.92. The Hall–Kier alpha value is -0.890. The first-order valence-electron chi connectivity index (χ1n) is 5.18. The predicted octanol–water partition coefficient (Wildman–Crippen LogP) is 2.16. The fourth-order valence-electron chi connectivity index (χ4n) is 2.17. The molecule has 1 aliphatic carbocycles. The van der Waals surface area contributed by atoms with Crippen molar-refractivity contribution >= 4 is 0 Å². The fourth-order valence-corrected chi connectivity index (χ4v) is 2.17. The number of nitrogens with zero attached hydrogens (tertiary/aromatic N) is 1. The molecular weight excluding hydrogens is 172 g/mol. The Morgan fingerprint density at radius 3 is 2.57 bits per heavy atom. The highest BCUT2D eigenvalue weighted by molar-refractivity contribution is 5.34. The molecule has 2 N–H and O–H groups in total. The molecular formula is C12H18N2. The zero-order valence-corrected chi connectivity index (χ0v) is 9.17. The lowest BCUT2D eigenvalue weighted by Crippen LogP contribution is -2.43. The lowest BCUT2D eigenvalue weighted by atomic mass is 9.75. The molecule has 0 spiro atoms. The molecule has 0 atom stereocenters. The predicted molar refractivity (Wildman–Crippen MR) is 58.2 cm³/mol. The van der Waals surface area contributed by atoms with Crippen LogP contribution in [0.25, 0.3) is 0 Å². The molecule has 0 saturated heterocycles. The van der Waals surface area contributed by atoms with Crippen molar-refractivity contribution in [2.45, 2.75) is 44.6 Å². The van der Waals surface area contributed by atoms with Gasteiger partial charge >= 0.3 is 0 Å². The Bertz CT molecular complexity index is 351. The van der Waals surface area contributed by atoms with E-state index in [4.69, 9.17) is 5.73 Å². The molecule has 1 aliphatic rings. The SMILES string of the molecule is Cc1ncccc1C(C)(C)C1(N)CC1. The molecule has 1 saturated carbocycles. The van der Waals surface area contributed by atoms with Crippen LogP contribution in [-0.2, 0) is 5.41 Å². The van der Waals surface area contributed by atoms with E-state index in [2.05, 4.69) is 31.8 Å². The van der Waals surface area contributed by atoms with Gasteiger partial charge < -0.3 is 5.73 Å². The van der Waals surface area contributed by atoms with Gasteiger partial charge in [-0.05, 0) is 31.4 Å². The minimum absolute atomic E-state index is 0.000787. The van der Waals surface area contributed by atoms with Crippen molar-refractivity contribution in [1.29, 1.82) is 0 Å². The number of hydrogen-bond acceptors (Lipinski definition) is 2. The van der Waals surface area contributed by atoms with Gasteiger partial charge in [-0.2, -0.15) is 0 Å². The van der Waals surface area contributed by atoms with Gasteiger partial charge in [0.1, 0.15) is 0 Å². The van der Waals surface area contributed by atoms with Crippen molar-refractivity contribution in [3.05, 3.63) is 29.6 Å². The van der Waals surface area contributed by atoms with E-state index in [0.717, 1.165) is 18.5 Å². The van der Waals surface area contributed by atoms with Gasteiger partial charge in [-0.25, -0.2) is 0 Å². The summed E-state index contributed by atoms with van der Waals surface area (Å²) in [6.45, 7) is 6.51. The third kappa shape index (κ3) is 1.25. The van der Waals surface area contributed by atoms with Crippen LogP contribution in [-0.4, -0.2) is 10.5 Å². The maximum Gasteiger partial charge on any atom is 0.0410 e. The van der Waals surface area contributed by atoms with Gasteiger partial charge in [-0.3, -0.25) is 4.98 Å². The standard InChI is InChI=1S/C12H18N2/c1-9-10(5-4-8-14-9)11(2,3)12(13)6-7-12/h4-5,8H,6-7,13H2,1-3H3. The number of pyridine rings is 1. The van der Waals surface area contributed by atoms with Gasteiger partial charge in [0.2, 0.25) is 0 Å². The van der Waals surface area contributed by atoms with E-state index in [1.54, 1.807) is 0 Å². The monoisotopic (exact) mass is 190 g/mol. The Morgan fingerprint density at radius 1 is 1.43 bits per heavy atom. The summed E-state index contributed by atoms with van der Waals surface area (Å²) in [4.78, 5) is 4.33. The summed E-state index contributed by atoms with van der Waals surface area (Å²) in [6, 6.07) is 4.14. The summed E-state index contributed by atoms with van der Waals surface area (Å²) in [6.07, 6.45) is 4.10. The van der Waals surface area contributed by atoms with Gasteiger partial charge in [-0.1, -0.05) is 19.9 Å². The summed E-state index contributed by atoms with van der Waals surface area (Å²) < 4.78 is 0. The molecule has 0 radical (unpaired) electrons. The van der Waals surface area contributed by atoms with E-state index in [1.807, 2.05) is 12.3 Å². The van der Waals surface area contributed by atoms with Crippen LogP contribution < -0.4 is 5.73 Å². The molecule has 0 bridgehead atoms. The van der Waals surface area contributed by atoms with Crippen molar-refractivity contribution in [3.63, 3.8) is 0 Å². The van der Waals surface area contributed by atoms with Crippen molar-refractivity contribution in [2.75, 3.05) is 0 Å². The van der Waals surface area contributed by atoms with E-state index < -0.39 is 0 Å². The third-order valence-corrected chi connectivity index (χ3v) is 3.71. The minimum atomic E-state index is 0.000787. The Kier molecular flexibility index (Phi) is 1.93. The van der Waals surface area contributed by atoms with Crippen LogP contribution >= 0.6 is 0 Å². The van der Waals surface area contributed by atoms with Gasteiger partial charge in [0, 0.05) is 22.8 Å². The highest BCUT2D eigenvalue weighted by Gasteiger charge is 2.52. The lowest BCUT2D eigenvalue weighted by molar-refractivity contribution is 0.388. The third-order valence-electron chi connectivity index (χ3n) is 3.71. The van der Waals surface area contributed by atoms with Gasteiger partial charge in [0.25, 0.3) is 0 Å². The number of nitrogens with two attached hydrogens (primary N) is 1. The number of rotatable bonds is 2. The molecule has 0 aliphatic heterocycles. The molecule has 2 heteroatoms. The Labute approximate surface area is 85.5 Å². The van der Waals surface area contributed by atoms with Crippen molar-refractivity contribution < 1.29 is 0 Å². The smallest absolute Gasteiger partial charge is 0.0410 e. The van der Waals surface area contributed by atoms with E-state index in [-0.39, 0.29) is 11.0 Å². The molecule has 0 unspecified atom stereocenters. The first kappa shape index (κ1) is 9.66. The van der Waals surface area contributed by atoms with Crippen LogP contribution in [0.5, 0.6) is 0 Å². The molecule has 1 fully saturated rings. The average molecular weight is 190 g/mol. The van der Waals surface area contributed by atoms with E-state index in [1.165, 1.54) is 5.56 Å². The Morgan fingerprint density at radius 2 is 2.07 bits per heavy atom. The quantitative estimate of drug-likeness (QED) is 0.776. The van der Waals surface area contributed by atoms with Crippen LogP contribution in [0.2, 0.25) is 0 Å². The summed E-state index contributed by atoms with van der Waals surface area (Å²) in [5.41, 5.74) is 8.74. The molecule has 1 heterocycles. The van der Waals surface area contributed by atoms with Crippen LogP contribution in [0.3, 0.4) is 0 Å². The first-order chi connectivity index (χ1) is 6.47. The largest absolute Gasteiger partial charge is 0.324 e. The number of aromatic nitrogens is 1. The van der Waals surface area contributed by atoms with Crippen LogP contribution in [0.4, 0.5) is 0 Å². The number of aryl methyl sites for hydroxylation is 1. The molecule has 76 valence electrons. The first-order valence-corrected chi connectivity index (χ1v) is 5.18. The highest BCUT2D eigenvalue weighted by atomic mass is 14.9. The zero-order chi connectivity index (χ0) is 10.4. The highest BCUT2D eigenvalue weighted by Crippen LogP contribution is 2.49. The van der Waals surface area contributed by atoms with E-state index >= 15 is 0 Å². The zero-order valence-electron chi connectivity index (χ0n) is 9.17. The molecule has 0 aromatic carbocycles. The molecule has 1 aromatic rings. The number of hydrogen-bond donors (Lipinski definition) is 1. The summed E-state index contributed by atoms with van der Waals surface area (Å²) in [5.74, 6) is 0. The average Bonchev–Trinajstić information content (AvgIpc) is 2.86. The lowest BCUT2D eigenvalue weighted by Gasteiger charge is -2.33. The summed E-state index contributed by atoms with van der Waals surface area (Å²) >= 11 is 0. The van der Waals surface area contributed by atoms with Crippen molar-refractivity contribution in [1.82, 2.24) is 4.98 Å². The normalized spacial score (nSPS) is 19.4. The fraction of sp³-hybridized carbons (Fsp3) is 0.583. The molecule has 0 amide bonds. The second-order valence-electron chi connectivity index (χ2n) is 4.92. The molecule has 2 rings (SSSR count). The van der Waals surface area contributed by atoms with Gasteiger partial charge in [-0.15, -0.1) is 0 Å².